The van der Waals surface area contributed by atoms with E-state index in [2.05, 4.69) is 13.8 Å². The van der Waals surface area contributed by atoms with Crippen molar-refractivity contribution in [2.75, 3.05) is 6.61 Å². The molecule has 1 unspecified atom stereocenters. The van der Waals surface area contributed by atoms with Crippen LogP contribution in [0.5, 0.6) is 5.75 Å². The highest BCUT2D eigenvalue weighted by atomic mass is 16.5. The van der Waals surface area contributed by atoms with Crippen LogP contribution in [0.2, 0.25) is 0 Å². The van der Waals surface area contributed by atoms with Crippen LogP contribution in [0, 0.1) is 5.92 Å². The predicted octanol–water partition coefficient (Wildman–Crippen LogP) is 3.29. The van der Waals surface area contributed by atoms with Crippen molar-refractivity contribution in [3.63, 3.8) is 0 Å². The van der Waals surface area contributed by atoms with Gasteiger partial charge in [-0.25, -0.2) is 0 Å². The van der Waals surface area contributed by atoms with Gasteiger partial charge in [0.25, 0.3) is 0 Å². The number of hydrogen-bond donors (Lipinski definition) is 1. The van der Waals surface area contributed by atoms with Gasteiger partial charge in [-0.15, -0.1) is 0 Å². The molecular formula is C20H29NO4. The molecular weight excluding hydrogens is 318 g/mol. The Morgan fingerprint density at radius 2 is 1.80 bits per heavy atom. The number of esters is 1. The number of phenolic OH excluding ortho intramolecular Hbond substituents is 1. The van der Waals surface area contributed by atoms with Gasteiger partial charge in [-0.2, -0.15) is 0 Å². The van der Waals surface area contributed by atoms with Crippen LogP contribution in [-0.4, -0.2) is 40.6 Å². The molecule has 3 atom stereocenters. The molecule has 0 bridgehead atoms. The van der Waals surface area contributed by atoms with E-state index in [9.17, 15) is 14.7 Å². The standard InChI is InChI=1S/C20H29NO4/c1-4-25-20(24)17(12-16-8-10-18(22)11-9-16)13-19(23)21-14(2)6-5-7-15(21)3/h8-11,14-15,17,22H,4-7,12-13H2,1-3H3/t14-,15+,17?. The second-order valence-electron chi connectivity index (χ2n) is 6.95. The van der Waals surface area contributed by atoms with E-state index in [0.29, 0.717) is 13.0 Å². The van der Waals surface area contributed by atoms with Crippen LogP contribution in [0.15, 0.2) is 24.3 Å². The highest BCUT2D eigenvalue weighted by Crippen LogP contribution is 2.25. The number of nitrogens with zero attached hydrogens (tertiary/aromatic N) is 1. The Bertz CT molecular complexity index is 574. The summed E-state index contributed by atoms with van der Waals surface area (Å²) < 4.78 is 5.18. The highest BCUT2D eigenvalue weighted by molar-refractivity contribution is 5.83. The van der Waals surface area contributed by atoms with E-state index in [-0.39, 0.29) is 36.1 Å². The lowest BCUT2D eigenvalue weighted by Crippen LogP contribution is -2.48. The van der Waals surface area contributed by atoms with Crippen molar-refractivity contribution in [2.24, 2.45) is 5.92 Å². The molecule has 0 saturated carbocycles. The molecule has 1 aromatic carbocycles. The number of hydrogen-bond acceptors (Lipinski definition) is 4. The van der Waals surface area contributed by atoms with E-state index in [1.807, 2.05) is 4.90 Å². The molecule has 1 fully saturated rings. The number of likely N-dealkylation sites (tertiary alicyclic amines) is 1. The minimum atomic E-state index is -0.502. The maximum Gasteiger partial charge on any atom is 0.309 e. The summed E-state index contributed by atoms with van der Waals surface area (Å²) in [5.41, 5.74) is 0.906. The van der Waals surface area contributed by atoms with Crippen molar-refractivity contribution in [1.82, 2.24) is 4.90 Å². The number of rotatable bonds is 6. The third-order valence-electron chi connectivity index (χ3n) is 4.94. The number of phenols is 1. The first-order valence-electron chi connectivity index (χ1n) is 9.18. The number of aromatic hydroxyl groups is 1. The van der Waals surface area contributed by atoms with E-state index >= 15 is 0 Å². The van der Waals surface area contributed by atoms with Gasteiger partial charge in [0.05, 0.1) is 12.5 Å². The monoisotopic (exact) mass is 347 g/mol. The van der Waals surface area contributed by atoms with Gasteiger partial charge in [-0.1, -0.05) is 12.1 Å². The number of carbonyl (C=O) groups excluding carboxylic acids is 2. The first-order valence-corrected chi connectivity index (χ1v) is 9.18. The van der Waals surface area contributed by atoms with Gasteiger partial charge in [0, 0.05) is 18.5 Å². The Kier molecular flexibility index (Phi) is 6.85. The van der Waals surface area contributed by atoms with Gasteiger partial charge in [0.2, 0.25) is 5.91 Å². The van der Waals surface area contributed by atoms with E-state index in [4.69, 9.17) is 4.74 Å². The molecule has 5 heteroatoms. The molecule has 1 N–H and O–H groups in total. The minimum Gasteiger partial charge on any atom is -0.508 e. The number of ether oxygens (including phenoxy) is 1. The first-order chi connectivity index (χ1) is 11.9. The summed E-state index contributed by atoms with van der Waals surface area (Å²) in [6, 6.07) is 7.17. The van der Waals surface area contributed by atoms with Crippen molar-refractivity contribution in [2.45, 2.75) is 65.0 Å². The molecule has 25 heavy (non-hydrogen) atoms. The quantitative estimate of drug-likeness (QED) is 0.802. The van der Waals surface area contributed by atoms with Crippen LogP contribution in [0.25, 0.3) is 0 Å². The normalized spacial score (nSPS) is 21.6. The summed E-state index contributed by atoms with van der Waals surface area (Å²) in [6.07, 6.45) is 3.76. The fraction of sp³-hybridized carbons (Fsp3) is 0.600. The van der Waals surface area contributed by atoms with Gasteiger partial charge in [0.15, 0.2) is 0 Å². The van der Waals surface area contributed by atoms with Crippen molar-refractivity contribution in [3.8, 4) is 5.75 Å². The van der Waals surface area contributed by atoms with E-state index in [0.717, 1.165) is 24.8 Å². The molecule has 1 aliphatic heterocycles. The molecule has 5 nitrogen and oxygen atoms in total. The summed E-state index contributed by atoms with van der Waals surface area (Å²) in [5.74, 6) is -0.625. The Labute approximate surface area is 150 Å². The maximum atomic E-state index is 12.9. The van der Waals surface area contributed by atoms with Gasteiger partial charge < -0.3 is 14.7 Å². The second-order valence-corrected chi connectivity index (χ2v) is 6.95. The van der Waals surface area contributed by atoms with Crippen LogP contribution in [-0.2, 0) is 20.7 Å². The van der Waals surface area contributed by atoms with Crippen LogP contribution in [0.4, 0.5) is 0 Å². The Balaban J connectivity index is 2.10. The van der Waals surface area contributed by atoms with Gasteiger partial charge in [-0.3, -0.25) is 9.59 Å². The van der Waals surface area contributed by atoms with Crippen molar-refractivity contribution in [1.29, 1.82) is 0 Å². The fourth-order valence-electron chi connectivity index (χ4n) is 3.64. The first kappa shape index (κ1) is 19.3. The molecule has 1 amide bonds. The average Bonchev–Trinajstić information content (AvgIpc) is 2.56. The van der Waals surface area contributed by atoms with Crippen molar-refractivity contribution >= 4 is 11.9 Å². The molecule has 0 radical (unpaired) electrons. The minimum absolute atomic E-state index is 0.0246. The summed E-state index contributed by atoms with van der Waals surface area (Å²) in [5, 5.41) is 9.41. The Morgan fingerprint density at radius 1 is 1.20 bits per heavy atom. The lowest BCUT2D eigenvalue weighted by Gasteiger charge is -2.39. The number of amides is 1. The van der Waals surface area contributed by atoms with Crippen molar-refractivity contribution in [3.05, 3.63) is 29.8 Å². The van der Waals surface area contributed by atoms with E-state index < -0.39 is 5.92 Å². The van der Waals surface area contributed by atoms with Crippen molar-refractivity contribution < 1.29 is 19.4 Å². The molecule has 1 aliphatic rings. The van der Waals surface area contributed by atoms with E-state index in [1.165, 1.54) is 0 Å². The SMILES string of the molecule is CCOC(=O)C(CC(=O)N1[C@H](C)CCC[C@@H]1C)Cc1ccc(O)cc1. The smallest absolute Gasteiger partial charge is 0.309 e. The lowest BCUT2D eigenvalue weighted by atomic mass is 9.92. The lowest BCUT2D eigenvalue weighted by molar-refractivity contribution is -0.152. The molecule has 1 heterocycles. The summed E-state index contributed by atoms with van der Waals surface area (Å²) in [7, 11) is 0. The van der Waals surface area contributed by atoms with Gasteiger partial charge in [-0.05, 0) is 64.2 Å². The Morgan fingerprint density at radius 3 is 2.36 bits per heavy atom. The zero-order valence-electron chi connectivity index (χ0n) is 15.4. The van der Waals surface area contributed by atoms with Gasteiger partial charge in [0.1, 0.15) is 5.75 Å². The fourth-order valence-corrected chi connectivity index (χ4v) is 3.64. The summed E-state index contributed by atoms with van der Waals surface area (Å²) in [4.78, 5) is 27.2. The number of piperidine rings is 1. The molecule has 138 valence electrons. The third kappa shape index (κ3) is 5.21. The highest BCUT2D eigenvalue weighted by Gasteiger charge is 2.32. The molecule has 1 aromatic rings. The van der Waals surface area contributed by atoms with Gasteiger partial charge >= 0.3 is 5.97 Å². The average molecular weight is 347 g/mol. The maximum absolute atomic E-state index is 12.9. The van der Waals surface area contributed by atoms with E-state index in [1.54, 1.807) is 31.2 Å². The molecule has 0 aromatic heterocycles. The number of carbonyl (C=O) groups is 2. The molecule has 0 spiro atoms. The van der Waals surface area contributed by atoms with Crippen LogP contribution in [0.1, 0.15) is 52.0 Å². The second kappa shape index (κ2) is 8.88. The summed E-state index contributed by atoms with van der Waals surface area (Å²) >= 11 is 0. The predicted molar refractivity (Wildman–Crippen MR) is 96.2 cm³/mol. The van der Waals surface area contributed by atoms with Crippen LogP contribution < -0.4 is 0 Å². The third-order valence-corrected chi connectivity index (χ3v) is 4.94. The molecule has 2 rings (SSSR count). The topological polar surface area (TPSA) is 66.8 Å². The number of benzene rings is 1. The molecule has 1 saturated heterocycles. The zero-order chi connectivity index (χ0) is 18.4. The molecule has 0 aliphatic carbocycles. The largest absolute Gasteiger partial charge is 0.508 e. The summed E-state index contributed by atoms with van der Waals surface area (Å²) in [6.45, 7) is 6.22. The Hall–Kier alpha value is -2.04. The van der Waals surface area contributed by atoms with Crippen LogP contribution >= 0.6 is 0 Å². The zero-order valence-corrected chi connectivity index (χ0v) is 15.4. The van der Waals surface area contributed by atoms with Crippen LogP contribution in [0.3, 0.4) is 0 Å².